The number of amides is 1. The van der Waals surface area contributed by atoms with E-state index in [1.54, 1.807) is 0 Å². The van der Waals surface area contributed by atoms with Gasteiger partial charge in [-0.05, 0) is 24.1 Å². The summed E-state index contributed by atoms with van der Waals surface area (Å²) in [5.74, 6) is -0.435. The Morgan fingerprint density at radius 3 is 2.59 bits per heavy atom. The Hall–Kier alpha value is -1.40. The summed E-state index contributed by atoms with van der Waals surface area (Å²) < 4.78 is 26.2. The molecule has 17 heavy (non-hydrogen) atoms. The lowest BCUT2D eigenvalue weighted by atomic mass is 10.2. The number of hydrogen-bond acceptors (Lipinski definition) is 3. The molecule has 0 saturated carbocycles. The van der Waals surface area contributed by atoms with Crippen LogP contribution in [-0.2, 0) is 10.0 Å². The Balaban J connectivity index is 2.99. The van der Waals surface area contributed by atoms with Gasteiger partial charge in [0, 0.05) is 12.1 Å². The van der Waals surface area contributed by atoms with E-state index in [9.17, 15) is 13.2 Å². The molecule has 1 aromatic carbocycles. The number of nitrogens with two attached hydrogens (primary N) is 1. The molecule has 3 N–H and O–H groups in total. The predicted octanol–water partition coefficient (Wildman–Crippen LogP) is 0.720. The molecule has 0 saturated heterocycles. The second-order valence-electron chi connectivity index (χ2n) is 4.14. The van der Waals surface area contributed by atoms with Crippen molar-refractivity contribution in [1.82, 2.24) is 4.72 Å². The summed E-state index contributed by atoms with van der Waals surface area (Å²) in [6.07, 6.45) is 0. The molecular weight excluding hydrogens is 240 g/mol. The maximum Gasteiger partial charge on any atom is 0.248 e. The van der Waals surface area contributed by atoms with Crippen LogP contribution in [0, 0.1) is 5.92 Å². The molecule has 0 fully saturated rings. The van der Waals surface area contributed by atoms with Gasteiger partial charge in [-0.2, -0.15) is 0 Å². The fourth-order valence-electron chi connectivity index (χ4n) is 1.18. The maximum absolute atomic E-state index is 11.8. The van der Waals surface area contributed by atoms with Gasteiger partial charge in [0.1, 0.15) is 0 Å². The molecule has 0 aliphatic heterocycles. The fourth-order valence-corrected chi connectivity index (χ4v) is 2.44. The zero-order chi connectivity index (χ0) is 13.1. The third-order valence-corrected chi connectivity index (χ3v) is 3.53. The first-order chi connectivity index (χ1) is 7.83. The Kier molecular flexibility index (Phi) is 4.25. The number of sulfonamides is 1. The molecule has 6 heteroatoms. The molecule has 1 amide bonds. The van der Waals surface area contributed by atoms with E-state index in [0.717, 1.165) is 0 Å². The summed E-state index contributed by atoms with van der Waals surface area (Å²) in [4.78, 5) is 11.0. The number of nitrogens with one attached hydrogen (secondary N) is 1. The molecule has 0 aromatic heterocycles. The van der Waals surface area contributed by atoms with Crippen LogP contribution in [-0.4, -0.2) is 20.9 Å². The molecule has 94 valence electrons. The van der Waals surface area contributed by atoms with Crippen LogP contribution in [0.3, 0.4) is 0 Å². The van der Waals surface area contributed by atoms with E-state index >= 15 is 0 Å². The van der Waals surface area contributed by atoms with Crippen LogP contribution in [0.1, 0.15) is 24.2 Å². The van der Waals surface area contributed by atoms with Crippen LogP contribution < -0.4 is 10.5 Å². The Bertz CT molecular complexity index is 509. The highest BCUT2D eigenvalue weighted by Crippen LogP contribution is 2.11. The zero-order valence-corrected chi connectivity index (χ0v) is 10.6. The lowest BCUT2D eigenvalue weighted by Gasteiger charge is -2.09. The molecule has 1 rings (SSSR count). The SMILES string of the molecule is CC(C)CNS(=O)(=O)c1cccc(C(N)=O)c1. The monoisotopic (exact) mass is 256 g/mol. The topological polar surface area (TPSA) is 89.3 Å². The molecule has 1 aromatic rings. The van der Waals surface area contributed by atoms with Gasteiger partial charge in [-0.1, -0.05) is 19.9 Å². The van der Waals surface area contributed by atoms with E-state index in [1.807, 2.05) is 13.8 Å². The first-order valence-corrected chi connectivity index (χ1v) is 6.71. The normalized spacial score (nSPS) is 11.7. The minimum atomic E-state index is -3.57. The largest absolute Gasteiger partial charge is 0.366 e. The standard InChI is InChI=1S/C11H16N2O3S/c1-8(2)7-13-17(15,16)10-5-3-4-9(6-10)11(12)14/h3-6,8,13H,7H2,1-2H3,(H2,12,14). The van der Waals surface area contributed by atoms with Gasteiger partial charge in [0.2, 0.25) is 15.9 Å². The molecule has 0 aliphatic rings. The van der Waals surface area contributed by atoms with Crippen LogP contribution in [0.25, 0.3) is 0 Å². The summed E-state index contributed by atoms with van der Waals surface area (Å²) in [7, 11) is -3.57. The molecule has 0 heterocycles. The molecule has 0 radical (unpaired) electrons. The van der Waals surface area contributed by atoms with Crippen molar-refractivity contribution in [3.8, 4) is 0 Å². The smallest absolute Gasteiger partial charge is 0.248 e. The maximum atomic E-state index is 11.8. The van der Waals surface area contributed by atoms with Crippen molar-refractivity contribution in [1.29, 1.82) is 0 Å². The molecule has 0 spiro atoms. The van der Waals surface area contributed by atoms with Gasteiger partial charge in [-0.3, -0.25) is 4.79 Å². The van der Waals surface area contributed by atoms with E-state index in [2.05, 4.69) is 4.72 Å². The quantitative estimate of drug-likeness (QED) is 0.813. The molecule has 0 bridgehead atoms. The summed E-state index contributed by atoms with van der Waals surface area (Å²) in [5, 5.41) is 0. The summed E-state index contributed by atoms with van der Waals surface area (Å²) >= 11 is 0. The highest BCUT2D eigenvalue weighted by atomic mass is 32.2. The van der Waals surface area contributed by atoms with Crippen LogP contribution in [0.15, 0.2) is 29.2 Å². The third kappa shape index (κ3) is 3.83. The minimum absolute atomic E-state index is 0.0504. The van der Waals surface area contributed by atoms with Crippen molar-refractivity contribution in [2.24, 2.45) is 11.7 Å². The molecule has 0 atom stereocenters. The number of hydrogen-bond donors (Lipinski definition) is 2. The van der Waals surface area contributed by atoms with Crippen molar-refractivity contribution in [3.63, 3.8) is 0 Å². The van der Waals surface area contributed by atoms with Gasteiger partial charge in [-0.15, -0.1) is 0 Å². The number of rotatable bonds is 5. The number of carbonyl (C=O) groups is 1. The highest BCUT2D eigenvalue weighted by Gasteiger charge is 2.15. The van der Waals surface area contributed by atoms with Gasteiger partial charge in [0.05, 0.1) is 4.90 Å². The van der Waals surface area contributed by atoms with Gasteiger partial charge in [-0.25, -0.2) is 13.1 Å². The number of carbonyl (C=O) groups excluding carboxylic acids is 1. The summed E-state index contributed by atoms with van der Waals surface area (Å²) in [6, 6.07) is 5.66. The lowest BCUT2D eigenvalue weighted by Crippen LogP contribution is -2.27. The van der Waals surface area contributed by atoms with E-state index < -0.39 is 15.9 Å². The summed E-state index contributed by atoms with van der Waals surface area (Å²) in [6.45, 7) is 4.16. The average Bonchev–Trinajstić information content (AvgIpc) is 2.27. The predicted molar refractivity (Wildman–Crippen MR) is 65.0 cm³/mol. The van der Waals surface area contributed by atoms with Crippen molar-refractivity contribution < 1.29 is 13.2 Å². The Morgan fingerprint density at radius 1 is 1.41 bits per heavy atom. The van der Waals surface area contributed by atoms with Gasteiger partial charge in [0.15, 0.2) is 0 Å². The Morgan fingerprint density at radius 2 is 2.06 bits per heavy atom. The first-order valence-electron chi connectivity index (χ1n) is 5.22. The van der Waals surface area contributed by atoms with Gasteiger partial charge >= 0.3 is 0 Å². The van der Waals surface area contributed by atoms with Crippen molar-refractivity contribution in [2.45, 2.75) is 18.7 Å². The highest BCUT2D eigenvalue weighted by molar-refractivity contribution is 7.89. The minimum Gasteiger partial charge on any atom is -0.366 e. The van der Waals surface area contributed by atoms with Crippen LogP contribution >= 0.6 is 0 Å². The fraction of sp³-hybridized carbons (Fsp3) is 0.364. The van der Waals surface area contributed by atoms with E-state index in [-0.39, 0.29) is 16.4 Å². The second-order valence-corrected chi connectivity index (χ2v) is 5.90. The van der Waals surface area contributed by atoms with Crippen LogP contribution in [0.2, 0.25) is 0 Å². The third-order valence-electron chi connectivity index (χ3n) is 2.11. The molecule has 5 nitrogen and oxygen atoms in total. The van der Waals surface area contributed by atoms with Crippen molar-refractivity contribution in [2.75, 3.05) is 6.54 Å². The van der Waals surface area contributed by atoms with E-state index in [0.29, 0.717) is 6.54 Å². The second kappa shape index (κ2) is 5.29. The molecule has 0 aliphatic carbocycles. The summed E-state index contributed by atoms with van der Waals surface area (Å²) in [5.41, 5.74) is 5.27. The Labute approximate surface area is 101 Å². The van der Waals surface area contributed by atoms with Crippen LogP contribution in [0.5, 0.6) is 0 Å². The first kappa shape index (κ1) is 13.7. The van der Waals surface area contributed by atoms with Crippen LogP contribution in [0.4, 0.5) is 0 Å². The lowest BCUT2D eigenvalue weighted by molar-refractivity contribution is 0.1000. The number of primary amides is 1. The number of benzene rings is 1. The van der Waals surface area contributed by atoms with Gasteiger partial charge < -0.3 is 5.73 Å². The molecule has 0 unspecified atom stereocenters. The van der Waals surface area contributed by atoms with Crippen molar-refractivity contribution >= 4 is 15.9 Å². The van der Waals surface area contributed by atoms with Crippen molar-refractivity contribution in [3.05, 3.63) is 29.8 Å². The zero-order valence-electron chi connectivity index (χ0n) is 9.80. The van der Waals surface area contributed by atoms with E-state index in [1.165, 1.54) is 24.3 Å². The van der Waals surface area contributed by atoms with Gasteiger partial charge in [0.25, 0.3) is 0 Å². The average molecular weight is 256 g/mol. The van der Waals surface area contributed by atoms with E-state index in [4.69, 9.17) is 5.73 Å². The molecular formula is C11H16N2O3S.